The van der Waals surface area contributed by atoms with Gasteiger partial charge < -0.3 is 10.1 Å². The van der Waals surface area contributed by atoms with E-state index >= 15 is 0 Å². The van der Waals surface area contributed by atoms with Gasteiger partial charge in [0.05, 0.1) is 19.3 Å². The lowest BCUT2D eigenvalue weighted by Gasteiger charge is -2.19. The highest BCUT2D eigenvalue weighted by Crippen LogP contribution is 2.18. The average Bonchev–Trinajstić information content (AvgIpc) is 2.60. The number of aryl methyl sites for hydroxylation is 2. The molecule has 2 aromatic rings. The summed E-state index contributed by atoms with van der Waals surface area (Å²) in [5.41, 5.74) is 3.02. The summed E-state index contributed by atoms with van der Waals surface area (Å²) in [6, 6.07) is 15.1. The van der Waals surface area contributed by atoms with Crippen LogP contribution in [0.5, 0.6) is 5.75 Å². The maximum absolute atomic E-state index is 12.1. The van der Waals surface area contributed by atoms with Crippen LogP contribution in [0.15, 0.2) is 48.5 Å². The first kappa shape index (κ1) is 20.9. The average molecular weight is 391 g/mol. The van der Waals surface area contributed by atoms with Gasteiger partial charge in [-0.1, -0.05) is 48.0 Å². The third-order valence-corrected chi connectivity index (χ3v) is 5.20. The lowest BCUT2D eigenvalue weighted by Crippen LogP contribution is -2.40. The highest BCUT2D eigenvalue weighted by Gasteiger charge is 2.20. The van der Waals surface area contributed by atoms with Gasteiger partial charge >= 0.3 is 0 Å². The smallest absolute Gasteiger partial charge is 0.235 e. The molecule has 1 amide bonds. The number of benzene rings is 2. The molecule has 27 heavy (non-hydrogen) atoms. The highest BCUT2D eigenvalue weighted by atomic mass is 32.2. The highest BCUT2D eigenvalue weighted by molar-refractivity contribution is 7.88. The number of amides is 1. The molecule has 1 N–H and O–H groups in total. The number of nitrogens with zero attached hydrogens (tertiary/aromatic N) is 1. The van der Waals surface area contributed by atoms with Gasteiger partial charge in [0.15, 0.2) is 0 Å². The van der Waals surface area contributed by atoms with Crippen molar-refractivity contribution in [2.75, 3.05) is 26.0 Å². The molecule has 0 fully saturated rings. The van der Waals surface area contributed by atoms with Crippen LogP contribution in [0.25, 0.3) is 0 Å². The predicted molar refractivity (Wildman–Crippen MR) is 106 cm³/mol. The minimum Gasteiger partial charge on any atom is -0.491 e. The van der Waals surface area contributed by atoms with E-state index in [1.807, 2.05) is 62.4 Å². The molecule has 0 aliphatic heterocycles. The normalized spacial score (nSPS) is 11.4. The van der Waals surface area contributed by atoms with Crippen LogP contribution >= 0.6 is 0 Å². The number of rotatable bonds is 9. The molecule has 0 aromatic heterocycles. The van der Waals surface area contributed by atoms with Gasteiger partial charge in [-0.05, 0) is 31.0 Å². The van der Waals surface area contributed by atoms with Crippen LogP contribution in [0.2, 0.25) is 0 Å². The van der Waals surface area contributed by atoms with Crippen LogP contribution in [0.1, 0.15) is 16.7 Å². The van der Waals surface area contributed by atoms with Crippen molar-refractivity contribution in [3.8, 4) is 5.75 Å². The lowest BCUT2D eigenvalue weighted by molar-refractivity contribution is -0.121. The summed E-state index contributed by atoms with van der Waals surface area (Å²) in [6.07, 6.45) is 1.10. The number of ether oxygens (including phenoxy) is 1. The SMILES string of the molecule is Cc1ccc(OCCNC(=O)CN(Cc2ccccc2)S(C)(=O)=O)c(C)c1. The Hall–Kier alpha value is -2.38. The molecule has 0 saturated carbocycles. The van der Waals surface area contributed by atoms with Gasteiger partial charge in [-0.3, -0.25) is 4.79 Å². The Bertz CT molecular complexity index is 867. The molecule has 7 heteroatoms. The van der Waals surface area contributed by atoms with E-state index in [9.17, 15) is 13.2 Å². The molecule has 0 aliphatic carbocycles. The second kappa shape index (κ2) is 9.53. The zero-order chi connectivity index (χ0) is 19.9. The molecule has 2 aromatic carbocycles. The van der Waals surface area contributed by atoms with Gasteiger partial charge in [-0.25, -0.2) is 8.42 Å². The van der Waals surface area contributed by atoms with E-state index < -0.39 is 10.0 Å². The first-order valence-corrected chi connectivity index (χ1v) is 10.6. The second-order valence-electron chi connectivity index (χ2n) is 6.48. The molecule has 6 nitrogen and oxygen atoms in total. The fourth-order valence-corrected chi connectivity index (χ4v) is 3.34. The van der Waals surface area contributed by atoms with E-state index in [0.29, 0.717) is 13.2 Å². The lowest BCUT2D eigenvalue weighted by atomic mass is 10.1. The zero-order valence-corrected chi connectivity index (χ0v) is 16.8. The first-order chi connectivity index (χ1) is 12.8. The topological polar surface area (TPSA) is 75.7 Å². The van der Waals surface area contributed by atoms with E-state index in [2.05, 4.69) is 5.32 Å². The largest absolute Gasteiger partial charge is 0.491 e. The van der Waals surface area contributed by atoms with Gasteiger partial charge in [0.2, 0.25) is 15.9 Å². The monoisotopic (exact) mass is 390 g/mol. The Morgan fingerprint density at radius 3 is 2.44 bits per heavy atom. The number of hydrogen-bond donors (Lipinski definition) is 1. The molecule has 0 radical (unpaired) electrons. The predicted octanol–water partition coefficient (Wildman–Crippen LogP) is 2.26. The quantitative estimate of drug-likeness (QED) is 0.667. The first-order valence-electron chi connectivity index (χ1n) is 8.71. The van der Waals surface area contributed by atoms with Crippen LogP contribution < -0.4 is 10.1 Å². The Morgan fingerprint density at radius 2 is 1.81 bits per heavy atom. The van der Waals surface area contributed by atoms with Crippen LogP contribution in [-0.4, -0.2) is 44.6 Å². The summed E-state index contributed by atoms with van der Waals surface area (Å²) in [4.78, 5) is 12.1. The Morgan fingerprint density at radius 1 is 1.11 bits per heavy atom. The van der Waals surface area contributed by atoms with E-state index in [0.717, 1.165) is 33.0 Å². The molecule has 0 unspecified atom stereocenters. The van der Waals surface area contributed by atoms with Crippen LogP contribution in [0.4, 0.5) is 0 Å². The Labute approximate surface area is 161 Å². The van der Waals surface area contributed by atoms with Crippen molar-refractivity contribution in [1.29, 1.82) is 0 Å². The number of carbonyl (C=O) groups is 1. The maximum Gasteiger partial charge on any atom is 0.235 e. The molecule has 0 atom stereocenters. The summed E-state index contributed by atoms with van der Waals surface area (Å²) in [5.74, 6) is 0.414. The molecule has 0 spiro atoms. The van der Waals surface area contributed by atoms with E-state index in [1.165, 1.54) is 0 Å². The molecular weight excluding hydrogens is 364 g/mol. The van der Waals surface area contributed by atoms with Gasteiger partial charge in [0, 0.05) is 6.54 Å². The summed E-state index contributed by atoms with van der Waals surface area (Å²) < 4.78 is 30.8. The summed E-state index contributed by atoms with van der Waals surface area (Å²) in [6.45, 7) is 4.53. The van der Waals surface area contributed by atoms with Crippen molar-refractivity contribution in [2.24, 2.45) is 0 Å². The third-order valence-electron chi connectivity index (χ3n) is 4.00. The van der Waals surface area contributed by atoms with Crippen molar-refractivity contribution in [3.05, 3.63) is 65.2 Å². The Balaban J connectivity index is 1.83. The van der Waals surface area contributed by atoms with Crippen molar-refractivity contribution >= 4 is 15.9 Å². The van der Waals surface area contributed by atoms with E-state index in [-0.39, 0.29) is 19.0 Å². The van der Waals surface area contributed by atoms with Gasteiger partial charge in [-0.15, -0.1) is 0 Å². The molecule has 0 aliphatic rings. The molecule has 0 heterocycles. The summed E-state index contributed by atoms with van der Waals surface area (Å²) >= 11 is 0. The number of sulfonamides is 1. The molecular formula is C20H26N2O4S. The standard InChI is InChI=1S/C20H26N2O4S/c1-16-9-10-19(17(2)13-16)26-12-11-21-20(23)15-22(27(3,24)25)14-18-7-5-4-6-8-18/h4-10,13H,11-12,14-15H2,1-3H3,(H,21,23). The Kier molecular flexibility index (Phi) is 7.38. The number of hydrogen-bond acceptors (Lipinski definition) is 4. The summed E-state index contributed by atoms with van der Waals surface area (Å²) in [7, 11) is -3.50. The van der Waals surface area contributed by atoms with Crippen LogP contribution in [-0.2, 0) is 21.4 Å². The zero-order valence-electron chi connectivity index (χ0n) is 15.9. The molecule has 0 saturated heterocycles. The van der Waals surface area contributed by atoms with E-state index in [4.69, 9.17) is 4.74 Å². The second-order valence-corrected chi connectivity index (χ2v) is 8.47. The van der Waals surface area contributed by atoms with Gasteiger partial charge in [0.1, 0.15) is 12.4 Å². The van der Waals surface area contributed by atoms with Crippen molar-refractivity contribution in [3.63, 3.8) is 0 Å². The van der Waals surface area contributed by atoms with E-state index in [1.54, 1.807) is 0 Å². The van der Waals surface area contributed by atoms with Crippen LogP contribution in [0.3, 0.4) is 0 Å². The van der Waals surface area contributed by atoms with Crippen LogP contribution in [0, 0.1) is 13.8 Å². The minimum absolute atomic E-state index is 0.159. The minimum atomic E-state index is -3.50. The van der Waals surface area contributed by atoms with Crippen molar-refractivity contribution < 1.29 is 17.9 Å². The number of carbonyl (C=O) groups excluding carboxylic acids is 1. The fourth-order valence-electron chi connectivity index (χ4n) is 2.61. The summed E-state index contributed by atoms with van der Waals surface area (Å²) in [5, 5.41) is 2.70. The maximum atomic E-state index is 12.1. The third kappa shape index (κ3) is 7.03. The van der Waals surface area contributed by atoms with Gasteiger partial charge in [-0.2, -0.15) is 4.31 Å². The fraction of sp³-hybridized carbons (Fsp3) is 0.350. The van der Waals surface area contributed by atoms with Crippen molar-refractivity contribution in [1.82, 2.24) is 9.62 Å². The van der Waals surface area contributed by atoms with Crippen molar-refractivity contribution in [2.45, 2.75) is 20.4 Å². The molecule has 0 bridgehead atoms. The molecule has 2 rings (SSSR count). The number of nitrogens with one attached hydrogen (secondary N) is 1. The van der Waals surface area contributed by atoms with Gasteiger partial charge in [0.25, 0.3) is 0 Å². The molecule has 146 valence electrons.